The van der Waals surface area contributed by atoms with Crippen LogP contribution in [0.5, 0.6) is 0 Å². The van der Waals surface area contributed by atoms with Crippen molar-refractivity contribution in [2.75, 3.05) is 31.2 Å². The van der Waals surface area contributed by atoms with E-state index in [0.29, 0.717) is 37.6 Å². The number of halogens is 3. The van der Waals surface area contributed by atoms with Crippen LogP contribution in [0.1, 0.15) is 33.3 Å². The molecule has 0 aliphatic carbocycles. The van der Waals surface area contributed by atoms with E-state index in [1.54, 1.807) is 0 Å². The number of nitrogens with zero attached hydrogens (tertiary/aromatic N) is 2. The Morgan fingerprint density at radius 1 is 1.08 bits per heavy atom. The normalized spacial score (nSPS) is 23.2. The van der Waals surface area contributed by atoms with Gasteiger partial charge in [0.1, 0.15) is 5.82 Å². The third-order valence-corrected chi connectivity index (χ3v) is 5.04. The van der Waals surface area contributed by atoms with Crippen molar-refractivity contribution in [2.45, 2.75) is 45.1 Å². The van der Waals surface area contributed by atoms with Crippen LogP contribution in [0.2, 0.25) is 0 Å². The number of aromatic nitrogens is 1. The van der Waals surface area contributed by atoms with Crippen molar-refractivity contribution in [1.82, 2.24) is 4.98 Å². The van der Waals surface area contributed by atoms with Gasteiger partial charge in [0.2, 0.25) is 0 Å². The highest BCUT2D eigenvalue weighted by Gasteiger charge is 2.53. The summed E-state index contributed by atoms with van der Waals surface area (Å²) in [5.74, 6) is 0.454. The lowest BCUT2D eigenvalue weighted by Crippen LogP contribution is -2.44. The predicted octanol–water partition coefficient (Wildman–Crippen LogP) is 2.24. The van der Waals surface area contributed by atoms with E-state index in [0.717, 1.165) is 12.3 Å². The minimum absolute atomic E-state index is 0.301. The number of pyridine rings is 1. The van der Waals surface area contributed by atoms with E-state index in [2.05, 4.69) is 4.98 Å². The summed E-state index contributed by atoms with van der Waals surface area (Å²) in [5, 5.41) is 0. The maximum atomic E-state index is 13.2. The molecule has 25 heavy (non-hydrogen) atoms. The molecule has 138 valence electrons. The number of hydrogen-bond donors (Lipinski definition) is 0. The van der Waals surface area contributed by atoms with E-state index >= 15 is 0 Å². The SMILES string of the molecule is CC1(C)OB(c2cc(C(F)(F)F)cnc2N2CCOCC2)OC1(C)C. The van der Waals surface area contributed by atoms with Gasteiger partial charge in [-0.1, -0.05) is 0 Å². The predicted molar refractivity (Wildman–Crippen MR) is 88.0 cm³/mol. The zero-order chi connectivity index (χ0) is 18.5. The second-order valence-corrected chi connectivity index (χ2v) is 7.32. The number of hydrogen-bond acceptors (Lipinski definition) is 5. The first kappa shape index (κ1) is 18.5. The largest absolute Gasteiger partial charge is 0.498 e. The monoisotopic (exact) mass is 358 g/mol. The molecule has 0 spiro atoms. The van der Waals surface area contributed by atoms with Crippen LogP contribution in [0.4, 0.5) is 19.0 Å². The van der Waals surface area contributed by atoms with Crippen molar-refractivity contribution in [1.29, 1.82) is 0 Å². The fourth-order valence-electron chi connectivity index (χ4n) is 2.81. The highest BCUT2D eigenvalue weighted by atomic mass is 19.4. The summed E-state index contributed by atoms with van der Waals surface area (Å²) in [5.41, 5.74) is -1.80. The molecule has 2 saturated heterocycles. The Balaban J connectivity index is 2.02. The lowest BCUT2D eigenvalue weighted by atomic mass is 9.78. The molecule has 5 nitrogen and oxygen atoms in total. The van der Waals surface area contributed by atoms with Gasteiger partial charge < -0.3 is 18.9 Å². The van der Waals surface area contributed by atoms with Crippen LogP contribution in [0.15, 0.2) is 12.3 Å². The molecular formula is C16H22BF3N2O3. The van der Waals surface area contributed by atoms with Gasteiger partial charge >= 0.3 is 13.3 Å². The van der Waals surface area contributed by atoms with Crippen LogP contribution in [0.25, 0.3) is 0 Å². The summed E-state index contributed by atoms with van der Waals surface area (Å²) >= 11 is 0. The molecule has 2 aliphatic rings. The van der Waals surface area contributed by atoms with Crippen molar-refractivity contribution >= 4 is 18.4 Å². The molecule has 0 saturated carbocycles. The second kappa shape index (κ2) is 6.14. The molecule has 2 fully saturated rings. The maximum Gasteiger partial charge on any atom is 0.498 e. The summed E-state index contributed by atoms with van der Waals surface area (Å²) in [4.78, 5) is 6.01. The molecule has 9 heteroatoms. The molecular weight excluding hydrogens is 336 g/mol. The van der Waals surface area contributed by atoms with Crippen molar-refractivity contribution in [3.8, 4) is 0 Å². The van der Waals surface area contributed by atoms with E-state index in [4.69, 9.17) is 14.0 Å². The molecule has 0 atom stereocenters. The Hall–Kier alpha value is -1.32. The third-order valence-electron chi connectivity index (χ3n) is 5.04. The highest BCUT2D eigenvalue weighted by molar-refractivity contribution is 6.63. The Kier molecular flexibility index (Phi) is 4.54. The van der Waals surface area contributed by atoms with Gasteiger partial charge in [-0.05, 0) is 33.8 Å². The van der Waals surface area contributed by atoms with E-state index in [1.807, 2.05) is 32.6 Å². The lowest BCUT2D eigenvalue weighted by Gasteiger charge is -2.32. The van der Waals surface area contributed by atoms with Gasteiger partial charge in [0, 0.05) is 24.7 Å². The van der Waals surface area contributed by atoms with Gasteiger partial charge in [0.05, 0.1) is 30.0 Å². The van der Waals surface area contributed by atoms with Crippen molar-refractivity contribution in [3.05, 3.63) is 17.8 Å². The van der Waals surface area contributed by atoms with Crippen molar-refractivity contribution < 1.29 is 27.2 Å². The van der Waals surface area contributed by atoms with Gasteiger partial charge in [-0.2, -0.15) is 13.2 Å². The zero-order valence-corrected chi connectivity index (χ0v) is 14.8. The molecule has 1 aromatic rings. The topological polar surface area (TPSA) is 43.8 Å². The lowest BCUT2D eigenvalue weighted by molar-refractivity contribution is -0.137. The first-order chi connectivity index (χ1) is 11.5. The number of ether oxygens (including phenoxy) is 1. The molecule has 0 unspecified atom stereocenters. The van der Waals surface area contributed by atoms with Gasteiger partial charge in [-0.15, -0.1) is 0 Å². The molecule has 0 N–H and O–H groups in total. The number of anilines is 1. The molecule has 0 radical (unpaired) electrons. The Labute approximate surface area is 145 Å². The first-order valence-electron chi connectivity index (χ1n) is 8.27. The fraction of sp³-hybridized carbons (Fsp3) is 0.688. The molecule has 0 aromatic carbocycles. The van der Waals surface area contributed by atoms with Crippen LogP contribution in [-0.4, -0.2) is 49.6 Å². The fourth-order valence-corrected chi connectivity index (χ4v) is 2.81. The van der Waals surface area contributed by atoms with Gasteiger partial charge in [-0.3, -0.25) is 0 Å². The molecule has 3 rings (SSSR count). The second-order valence-electron chi connectivity index (χ2n) is 7.32. The summed E-state index contributed by atoms with van der Waals surface area (Å²) in [6, 6.07) is 1.08. The summed E-state index contributed by atoms with van der Waals surface area (Å²) in [6.45, 7) is 9.59. The van der Waals surface area contributed by atoms with E-state index in [9.17, 15) is 13.2 Å². The summed E-state index contributed by atoms with van der Waals surface area (Å²) in [6.07, 6.45) is -3.62. The van der Waals surface area contributed by atoms with E-state index in [1.165, 1.54) is 0 Å². The van der Waals surface area contributed by atoms with Gasteiger partial charge in [0.15, 0.2) is 0 Å². The Morgan fingerprint density at radius 3 is 2.16 bits per heavy atom. The third kappa shape index (κ3) is 3.50. The van der Waals surface area contributed by atoms with E-state index < -0.39 is 30.1 Å². The maximum absolute atomic E-state index is 13.2. The number of rotatable bonds is 2. The number of alkyl halides is 3. The van der Waals surface area contributed by atoms with Crippen LogP contribution in [0.3, 0.4) is 0 Å². The molecule has 1 aromatic heterocycles. The minimum atomic E-state index is -4.48. The van der Waals surface area contributed by atoms with Gasteiger partial charge in [-0.25, -0.2) is 4.98 Å². The number of morpholine rings is 1. The summed E-state index contributed by atoms with van der Waals surface area (Å²) in [7, 11) is -0.905. The quantitative estimate of drug-likeness (QED) is 0.759. The molecule has 0 bridgehead atoms. The minimum Gasteiger partial charge on any atom is -0.399 e. The zero-order valence-electron chi connectivity index (χ0n) is 14.8. The van der Waals surface area contributed by atoms with Crippen LogP contribution in [0, 0.1) is 0 Å². The highest BCUT2D eigenvalue weighted by Crippen LogP contribution is 2.38. The Morgan fingerprint density at radius 2 is 1.64 bits per heavy atom. The van der Waals surface area contributed by atoms with Crippen molar-refractivity contribution in [3.63, 3.8) is 0 Å². The first-order valence-corrected chi connectivity index (χ1v) is 8.27. The van der Waals surface area contributed by atoms with Crippen LogP contribution in [-0.2, 0) is 20.2 Å². The summed E-state index contributed by atoms with van der Waals surface area (Å²) < 4.78 is 56.8. The standard InChI is InChI=1S/C16H22BF3N2O3/c1-14(2)15(3,4)25-17(24-14)12-9-11(16(18,19)20)10-21-13(12)22-5-7-23-8-6-22/h9-10H,5-8H2,1-4H3. The smallest absolute Gasteiger partial charge is 0.399 e. The van der Waals surface area contributed by atoms with Crippen molar-refractivity contribution in [2.24, 2.45) is 0 Å². The van der Waals surface area contributed by atoms with Crippen LogP contribution < -0.4 is 10.4 Å². The van der Waals surface area contributed by atoms with Gasteiger partial charge in [0.25, 0.3) is 0 Å². The molecule has 2 aliphatic heterocycles. The Bertz CT molecular complexity index is 630. The molecule has 3 heterocycles. The van der Waals surface area contributed by atoms with Crippen LogP contribution >= 0.6 is 0 Å². The van der Waals surface area contributed by atoms with E-state index in [-0.39, 0.29) is 0 Å². The molecule has 0 amide bonds. The average Bonchev–Trinajstić information content (AvgIpc) is 2.75. The average molecular weight is 358 g/mol.